The SMILES string of the molecule is CCCCCCCCCNC(=O)C(C)(C)COC(C)(CC)CCC. The van der Waals surface area contributed by atoms with Gasteiger partial charge in [-0.15, -0.1) is 0 Å². The van der Waals surface area contributed by atoms with Crippen LogP contribution in [0.15, 0.2) is 0 Å². The van der Waals surface area contributed by atoms with Crippen molar-refractivity contribution in [2.24, 2.45) is 5.41 Å². The zero-order valence-electron chi connectivity index (χ0n) is 17.3. The average molecular weight is 342 g/mol. The first-order chi connectivity index (χ1) is 11.3. The third-order valence-electron chi connectivity index (χ3n) is 4.99. The van der Waals surface area contributed by atoms with Gasteiger partial charge in [0.1, 0.15) is 0 Å². The normalized spacial score (nSPS) is 14.4. The Morgan fingerprint density at radius 3 is 2.00 bits per heavy atom. The van der Waals surface area contributed by atoms with Crippen LogP contribution in [0.4, 0.5) is 0 Å². The second-order valence-electron chi connectivity index (χ2n) is 8.10. The molecule has 3 nitrogen and oxygen atoms in total. The van der Waals surface area contributed by atoms with Gasteiger partial charge < -0.3 is 10.1 Å². The molecule has 0 aromatic rings. The van der Waals surface area contributed by atoms with E-state index in [9.17, 15) is 4.79 Å². The Morgan fingerprint density at radius 1 is 0.875 bits per heavy atom. The topological polar surface area (TPSA) is 38.3 Å². The smallest absolute Gasteiger partial charge is 0.227 e. The molecule has 0 aliphatic heterocycles. The highest BCUT2D eigenvalue weighted by molar-refractivity contribution is 5.81. The molecule has 1 N–H and O–H groups in total. The molecule has 24 heavy (non-hydrogen) atoms. The standard InChI is InChI=1S/C21H43NO2/c1-7-10-11-12-13-14-15-17-22-19(23)20(4,5)18-24-21(6,9-3)16-8-2/h7-18H2,1-6H3,(H,22,23). The van der Waals surface area contributed by atoms with Crippen molar-refractivity contribution in [1.29, 1.82) is 0 Å². The Kier molecular flexibility index (Phi) is 12.4. The van der Waals surface area contributed by atoms with Crippen LogP contribution in [-0.4, -0.2) is 24.7 Å². The van der Waals surface area contributed by atoms with Gasteiger partial charge in [-0.25, -0.2) is 0 Å². The molecule has 0 fully saturated rings. The van der Waals surface area contributed by atoms with Crippen molar-refractivity contribution < 1.29 is 9.53 Å². The van der Waals surface area contributed by atoms with Crippen molar-refractivity contribution >= 4 is 5.91 Å². The first-order valence-electron chi connectivity index (χ1n) is 10.2. The molecule has 0 rings (SSSR count). The van der Waals surface area contributed by atoms with E-state index in [2.05, 4.69) is 33.0 Å². The average Bonchev–Trinajstić information content (AvgIpc) is 2.55. The fraction of sp³-hybridized carbons (Fsp3) is 0.952. The van der Waals surface area contributed by atoms with Crippen molar-refractivity contribution in [1.82, 2.24) is 5.32 Å². The van der Waals surface area contributed by atoms with E-state index in [0.717, 1.165) is 32.2 Å². The summed E-state index contributed by atoms with van der Waals surface area (Å²) in [6.07, 6.45) is 12.0. The fourth-order valence-electron chi connectivity index (χ4n) is 2.82. The van der Waals surface area contributed by atoms with Crippen LogP contribution in [-0.2, 0) is 9.53 Å². The van der Waals surface area contributed by atoms with Crippen LogP contribution >= 0.6 is 0 Å². The first-order valence-corrected chi connectivity index (χ1v) is 10.2. The Balaban J connectivity index is 3.98. The van der Waals surface area contributed by atoms with Crippen molar-refractivity contribution in [3.05, 3.63) is 0 Å². The summed E-state index contributed by atoms with van der Waals surface area (Å²) >= 11 is 0. The van der Waals surface area contributed by atoms with Crippen LogP contribution in [0, 0.1) is 5.41 Å². The summed E-state index contributed by atoms with van der Waals surface area (Å²) in [6, 6.07) is 0. The summed E-state index contributed by atoms with van der Waals surface area (Å²) < 4.78 is 6.13. The number of ether oxygens (including phenoxy) is 1. The monoisotopic (exact) mass is 341 g/mol. The number of carbonyl (C=O) groups is 1. The zero-order chi connectivity index (χ0) is 18.5. The van der Waals surface area contributed by atoms with Gasteiger partial charge >= 0.3 is 0 Å². The quantitative estimate of drug-likeness (QED) is 0.379. The van der Waals surface area contributed by atoms with E-state index in [0.29, 0.717) is 6.61 Å². The molecule has 0 saturated heterocycles. The highest BCUT2D eigenvalue weighted by Crippen LogP contribution is 2.26. The number of carbonyl (C=O) groups excluding carboxylic acids is 1. The van der Waals surface area contributed by atoms with Crippen LogP contribution in [0.2, 0.25) is 0 Å². The van der Waals surface area contributed by atoms with Gasteiger partial charge in [0.05, 0.1) is 17.6 Å². The van der Waals surface area contributed by atoms with Gasteiger partial charge in [-0.1, -0.05) is 65.7 Å². The zero-order valence-corrected chi connectivity index (χ0v) is 17.3. The summed E-state index contributed by atoms with van der Waals surface area (Å²) in [5, 5.41) is 3.09. The second kappa shape index (κ2) is 12.7. The van der Waals surface area contributed by atoms with E-state index >= 15 is 0 Å². The minimum atomic E-state index is -0.467. The van der Waals surface area contributed by atoms with Crippen molar-refractivity contribution in [2.75, 3.05) is 13.2 Å². The molecule has 0 aromatic heterocycles. The van der Waals surface area contributed by atoms with Gasteiger partial charge in [0.25, 0.3) is 0 Å². The Bertz CT molecular complexity index is 328. The van der Waals surface area contributed by atoms with Crippen molar-refractivity contribution in [3.8, 4) is 0 Å². The molecule has 0 spiro atoms. The van der Waals surface area contributed by atoms with E-state index < -0.39 is 5.41 Å². The highest BCUT2D eigenvalue weighted by Gasteiger charge is 2.31. The predicted octanol–water partition coefficient (Wildman–Crippen LogP) is 5.86. The van der Waals surface area contributed by atoms with Crippen molar-refractivity contribution in [2.45, 2.75) is 111 Å². The Hall–Kier alpha value is -0.570. The maximum atomic E-state index is 12.4. The molecule has 1 unspecified atom stereocenters. The third-order valence-corrected chi connectivity index (χ3v) is 4.99. The summed E-state index contributed by atoms with van der Waals surface area (Å²) in [6.45, 7) is 14.0. The Morgan fingerprint density at radius 2 is 1.46 bits per heavy atom. The largest absolute Gasteiger partial charge is 0.374 e. The van der Waals surface area contributed by atoms with Gasteiger partial charge in [-0.2, -0.15) is 0 Å². The van der Waals surface area contributed by atoms with Crippen LogP contribution in [0.25, 0.3) is 0 Å². The Labute approximate surface area is 151 Å². The molecule has 1 atom stereocenters. The maximum absolute atomic E-state index is 12.4. The number of unbranched alkanes of at least 4 members (excludes halogenated alkanes) is 6. The first kappa shape index (κ1) is 23.4. The highest BCUT2D eigenvalue weighted by atomic mass is 16.5. The molecule has 0 aromatic carbocycles. The summed E-state index contributed by atoms with van der Waals surface area (Å²) in [7, 11) is 0. The summed E-state index contributed by atoms with van der Waals surface area (Å²) in [5.74, 6) is 0.114. The van der Waals surface area contributed by atoms with Crippen molar-refractivity contribution in [3.63, 3.8) is 0 Å². The number of rotatable bonds is 15. The molecule has 0 aliphatic rings. The van der Waals surface area contributed by atoms with Crippen LogP contribution in [0.3, 0.4) is 0 Å². The lowest BCUT2D eigenvalue weighted by atomic mass is 9.91. The molecule has 0 heterocycles. The molecule has 0 radical (unpaired) electrons. The lowest BCUT2D eigenvalue weighted by Gasteiger charge is -2.33. The number of amides is 1. The molecule has 1 amide bonds. The van der Waals surface area contributed by atoms with E-state index in [1.54, 1.807) is 0 Å². The molecule has 0 saturated carbocycles. The van der Waals surface area contributed by atoms with Gasteiger partial charge in [0.2, 0.25) is 5.91 Å². The maximum Gasteiger partial charge on any atom is 0.227 e. The van der Waals surface area contributed by atoms with E-state index in [-0.39, 0.29) is 11.5 Å². The lowest BCUT2D eigenvalue weighted by Crippen LogP contribution is -2.43. The second-order valence-corrected chi connectivity index (χ2v) is 8.10. The minimum Gasteiger partial charge on any atom is -0.374 e. The minimum absolute atomic E-state index is 0.106. The predicted molar refractivity (Wildman–Crippen MR) is 104 cm³/mol. The number of nitrogens with one attached hydrogen (secondary N) is 1. The van der Waals surface area contributed by atoms with Crippen LogP contribution in [0.5, 0.6) is 0 Å². The van der Waals surface area contributed by atoms with E-state index in [1.807, 2.05) is 13.8 Å². The lowest BCUT2D eigenvalue weighted by molar-refractivity contribution is -0.138. The third kappa shape index (κ3) is 10.3. The van der Waals surface area contributed by atoms with Gasteiger partial charge in [-0.05, 0) is 40.0 Å². The molecule has 3 heteroatoms. The fourth-order valence-corrected chi connectivity index (χ4v) is 2.82. The molecule has 0 aliphatic carbocycles. The summed E-state index contributed by atoms with van der Waals surface area (Å²) in [5.41, 5.74) is -0.573. The van der Waals surface area contributed by atoms with E-state index in [1.165, 1.54) is 38.5 Å². The van der Waals surface area contributed by atoms with Crippen LogP contribution < -0.4 is 5.32 Å². The molecular formula is C21H43NO2. The number of hydrogen-bond acceptors (Lipinski definition) is 2. The van der Waals surface area contributed by atoms with Gasteiger partial charge in [0, 0.05) is 6.54 Å². The van der Waals surface area contributed by atoms with Gasteiger partial charge in [-0.3, -0.25) is 4.79 Å². The summed E-state index contributed by atoms with van der Waals surface area (Å²) in [4.78, 5) is 12.4. The van der Waals surface area contributed by atoms with E-state index in [4.69, 9.17) is 4.74 Å². The molecule has 0 bridgehead atoms. The molecule has 144 valence electrons. The molecular weight excluding hydrogens is 298 g/mol. The van der Waals surface area contributed by atoms with Gasteiger partial charge in [0.15, 0.2) is 0 Å². The number of hydrogen-bond donors (Lipinski definition) is 1. The van der Waals surface area contributed by atoms with Crippen LogP contribution in [0.1, 0.15) is 106 Å².